The van der Waals surface area contributed by atoms with Crippen molar-refractivity contribution in [2.45, 2.75) is 110 Å². The van der Waals surface area contributed by atoms with E-state index >= 15 is 0 Å². The fourth-order valence-corrected chi connectivity index (χ4v) is 4.08. The van der Waals surface area contributed by atoms with E-state index < -0.39 is 26.5 Å². The molecule has 0 radical (unpaired) electrons. The van der Waals surface area contributed by atoms with Gasteiger partial charge in [-0.2, -0.15) is 0 Å². The van der Waals surface area contributed by atoms with Crippen molar-refractivity contribution >= 4 is 19.8 Å². The number of hydrogen-bond donors (Lipinski definition) is 1. The molecular weight excluding hydrogens is 485 g/mol. The second-order valence-electron chi connectivity index (χ2n) is 10.4. The highest BCUT2D eigenvalue weighted by Gasteiger charge is 2.26. The van der Waals surface area contributed by atoms with Gasteiger partial charge in [0.25, 0.3) is 0 Å². The van der Waals surface area contributed by atoms with Gasteiger partial charge in [-0.25, -0.2) is 4.57 Å². The van der Waals surface area contributed by atoms with Crippen LogP contribution >= 0.6 is 7.82 Å². The average Bonchev–Trinajstić information content (AvgIpc) is 2.79. The van der Waals surface area contributed by atoms with Crippen molar-refractivity contribution in [2.75, 3.05) is 47.5 Å². The molecule has 10 heteroatoms. The van der Waals surface area contributed by atoms with E-state index in [0.717, 1.165) is 25.7 Å². The number of nitrogens with zero attached hydrogens (tertiary/aromatic N) is 1. The molecule has 0 rings (SSSR count). The van der Waals surface area contributed by atoms with Gasteiger partial charge in [0.05, 0.1) is 27.7 Å². The number of likely N-dealkylation sites (N-methyl/N-ethyl adjacent to an activating group) is 1. The van der Waals surface area contributed by atoms with Gasteiger partial charge in [-0.05, 0) is 12.8 Å². The number of carbonyl (C=O) groups is 2. The van der Waals surface area contributed by atoms with Crippen molar-refractivity contribution in [3.8, 4) is 0 Å². The molecule has 0 saturated carbocycles. The number of phosphoric ester groups is 1. The van der Waals surface area contributed by atoms with Gasteiger partial charge in [0.15, 0.2) is 6.10 Å². The van der Waals surface area contributed by atoms with Crippen LogP contribution in [0.4, 0.5) is 0 Å². The smallest absolute Gasteiger partial charge is 0.462 e. The topological polar surface area (TPSA) is 108 Å². The standard InChI is InChI=1S/C26H52NO8P/c1-6-8-10-11-12-13-14-15-16-17-19-25(28)32-22-24(35-26(29)18-9-7-2)23-34-36(30,31)33-21-20-27(3,4)5/h24H,6-23H2,1-5H3/p+1/t24-/m1/s1. The SMILES string of the molecule is CCCCCCCCCCCCC(=O)OC[C@H](COP(=O)(O)OCC[N+](C)(C)C)OC(=O)CCCC. The molecule has 0 aromatic carbocycles. The maximum absolute atomic E-state index is 12.2. The molecule has 0 bridgehead atoms. The molecule has 0 heterocycles. The van der Waals surface area contributed by atoms with Crippen LogP contribution in [0.2, 0.25) is 0 Å². The summed E-state index contributed by atoms with van der Waals surface area (Å²) in [6.07, 6.45) is 12.8. The Balaban J connectivity index is 4.35. The van der Waals surface area contributed by atoms with Crippen molar-refractivity contribution < 1.29 is 42.1 Å². The van der Waals surface area contributed by atoms with Crippen LogP contribution in [0, 0.1) is 0 Å². The molecule has 2 atom stereocenters. The van der Waals surface area contributed by atoms with Crippen LogP contribution in [0.25, 0.3) is 0 Å². The van der Waals surface area contributed by atoms with Crippen LogP contribution in [0.1, 0.15) is 104 Å². The van der Waals surface area contributed by atoms with Gasteiger partial charge in [-0.3, -0.25) is 18.6 Å². The average molecular weight is 539 g/mol. The number of ether oxygens (including phenoxy) is 2. The first-order chi connectivity index (χ1) is 17.0. The zero-order chi connectivity index (χ0) is 27.3. The van der Waals surface area contributed by atoms with Crippen LogP contribution in [0.15, 0.2) is 0 Å². The minimum atomic E-state index is -4.33. The van der Waals surface area contributed by atoms with Crippen molar-refractivity contribution in [2.24, 2.45) is 0 Å². The summed E-state index contributed by atoms with van der Waals surface area (Å²) < 4.78 is 33.4. The molecule has 214 valence electrons. The van der Waals surface area contributed by atoms with E-state index in [-0.39, 0.29) is 25.6 Å². The van der Waals surface area contributed by atoms with E-state index in [9.17, 15) is 19.0 Å². The molecule has 36 heavy (non-hydrogen) atoms. The maximum Gasteiger partial charge on any atom is 0.472 e. The number of rotatable bonds is 24. The third-order valence-corrected chi connectivity index (χ3v) is 6.62. The first-order valence-corrected chi connectivity index (χ1v) is 15.3. The Hall–Kier alpha value is -0.990. The minimum Gasteiger partial charge on any atom is -0.462 e. The summed E-state index contributed by atoms with van der Waals surface area (Å²) in [6, 6.07) is 0. The monoisotopic (exact) mass is 538 g/mol. The highest BCUT2D eigenvalue weighted by Crippen LogP contribution is 2.43. The molecule has 0 saturated heterocycles. The Kier molecular flexibility index (Phi) is 20.4. The number of phosphoric acid groups is 1. The molecule has 0 spiro atoms. The van der Waals surface area contributed by atoms with Gasteiger partial charge in [0, 0.05) is 12.8 Å². The van der Waals surface area contributed by atoms with Crippen LogP contribution in [0.5, 0.6) is 0 Å². The summed E-state index contributed by atoms with van der Waals surface area (Å²) >= 11 is 0. The summed E-state index contributed by atoms with van der Waals surface area (Å²) in [5, 5.41) is 0. The van der Waals surface area contributed by atoms with Crippen molar-refractivity contribution in [3.05, 3.63) is 0 Å². The Labute approximate surface area is 219 Å². The molecule has 0 aliphatic heterocycles. The van der Waals surface area contributed by atoms with Crippen molar-refractivity contribution in [1.82, 2.24) is 0 Å². The molecule has 0 aromatic rings. The quantitative estimate of drug-likeness (QED) is 0.0713. The second-order valence-corrected chi connectivity index (χ2v) is 11.9. The highest BCUT2D eigenvalue weighted by atomic mass is 31.2. The minimum absolute atomic E-state index is 0.0338. The van der Waals surface area contributed by atoms with Crippen LogP contribution in [-0.2, 0) is 32.7 Å². The van der Waals surface area contributed by atoms with Gasteiger partial charge in [-0.15, -0.1) is 0 Å². The molecule has 0 aromatic heterocycles. The van der Waals surface area contributed by atoms with Crippen molar-refractivity contribution in [3.63, 3.8) is 0 Å². The summed E-state index contributed by atoms with van der Waals surface area (Å²) in [7, 11) is 1.47. The normalized spacial score (nSPS) is 14.3. The largest absolute Gasteiger partial charge is 0.472 e. The Morgan fingerprint density at radius 3 is 1.83 bits per heavy atom. The summed E-state index contributed by atoms with van der Waals surface area (Å²) in [6.45, 7) is 4.09. The fourth-order valence-electron chi connectivity index (χ4n) is 3.34. The lowest BCUT2D eigenvalue weighted by Crippen LogP contribution is -2.37. The predicted molar refractivity (Wildman–Crippen MR) is 141 cm³/mol. The van der Waals surface area contributed by atoms with Gasteiger partial charge in [0.2, 0.25) is 0 Å². The zero-order valence-corrected chi connectivity index (χ0v) is 24.4. The van der Waals surface area contributed by atoms with E-state index in [1.54, 1.807) is 0 Å². The summed E-state index contributed by atoms with van der Waals surface area (Å²) in [4.78, 5) is 34.1. The molecule has 1 N–H and O–H groups in total. The Bertz CT molecular complexity index is 624. The van der Waals surface area contributed by atoms with Crippen LogP contribution < -0.4 is 0 Å². The van der Waals surface area contributed by atoms with Gasteiger partial charge >= 0.3 is 19.8 Å². The van der Waals surface area contributed by atoms with Gasteiger partial charge in [0.1, 0.15) is 19.8 Å². The summed E-state index contributed by atoms with van der Waals surface area (Å²) in [5.41, 5.74) is 0. The fraction of sp³-hybridized carbons (Fsp3) is 0.923. The molecule has 1 unspecified atom stereocenters. The Morgan fingerprint density at radius 2 is 1.28 bits per heavy atom. The number of unbranched alkanes of at least 4 members (excludes halogenated alkanes) is 10. The molecule has 0 fully saturated rings. The number of carbonyl (C=O) groups excluding carboxylic acids is 2. The molecular formula is C26H53NO8P+. The third-order valence-electron chi connectivity index (χ3n) is 5.64. The molecule has 9 nitrogen and oxygen atoms in total. The maximum atomic E-state index is 12.2. The van der Waals surface area contributed by atoms with E-state index in [2.05, 4.69) is 6.92 Å². The zero-order valence-electron chi connectivity index (χ0n) is 23.5. The third kappa shape index (κ3) is 23.4. The van der Waals surface area contributed by atoms with E-state index in [4.69, 9.17) is 18.5 Å². The van der Waals surface area contributed by atoms with E-state index in [1.165, 1.54) is 44.9 Å². The van der Waals surface area contributed by atoms with Gasteiger partial charge in [-0.1, -0.05) is 78.1 Å². The predicted octanol–water partition coefficient (Wildman–Crippen LogP) is 5.78. The first kappa shape index (κ1) is 35.0. The lowest BCUT2D eigenvalue weighted by atomic mass is 10.1. The number of quaternary nitrogens is 1. The number of hydrogen-bond acceptors (Lipinski definition) is 7. The van der Waals surface area contributed by atoms with Crippen LogP contribution in [0.3, 0.4) is 0 Å². The van der Waals surface area contributed by atoms with Crippen molar-refractivity contribution in [1.29, 1.82) is 0 Å². The summed E-state index contributed by atoms with van der Waals surface area (Å²) in [5.74, 6) is -0.842. The lowest BCUT2D eigenvalue weighted by Gasteiger charge is -2.24. The molecule has 0 aliphatic rings. The van der Waals surface area contributed by atoms with E-state index in [1.807, 2.05) is 28.1 Å². The molecule has 0 amide bonds. The lowest BCUT2D eigenvalue weighted by molar-refractivity contribution is -0.870. The number of esters is 2. The van der Waals surface area contributed by atoms with Gasteiger partial charge < -0.3 is 18.9 Å². The highest BCUT2D eigenvalue weighted by molar-refractivity contribution is 7.47. The molecule has 0 aliphatic carbocycles. The van der Waals surface area contributed by atoms with E-state index in [0.29, 0.717) is 23.9 Å². The first-order valence-electron chi connectivity index (χ1n) is 13.8. The van der Waals surface area contributed by atoms with Crippen LogP contribution in [-0.4, -0.2) is 74.9 Å². The Morgan fingerprint density at radius 1 is 0.750 bits per heavy atom. The second kappa shape index (κ2) is 21.0.